The smallest absolute Gasteiger partial charge is 0.330 e. The number of carboxylic acid groups (broad SMARTS) is 1. The first-order valence-corrected chi connectivity index (χ1v) is 41.2. The molecule has 0 saturated carbocycles. The first-order valence-electron chi connectivity index (χ1n) is 40.1. The van der Waals surface area contributed by atoms with E-state index in [-0.39, 0.29) is 59.2 Å². The second-order valence-electron chi connectivity index (χ2n) is 32.7. The third-order valence-corrected chi connectivity index (χ3v) is 23.8. The fourth-order valence-electron chi connectivity index (χ4n) is 16.2. The van der Waals surface area contributed by atoms with E-state index < -0.39 is 261 Å². The van der Waals surface area contributed by atoms with Crippen molar-refractivity contribution in [2.24, 2.45) is 17.4 Å². The highest BCUT2D eigenvalue weighted by atomic mass is 35.5. The molecule has 22 atom stereocenters. The Morgan fingerprint density at radius 2 is 1.22 bits per heavy atom. The highest BCUT2D eigenvalue weighted by Gasteiger charge is 2.53. The largest absolute Gasteiger partial charge is 0.508 e. The van der Waals surface area contributed by atoms with Gasteiger partial charge in [-0.2, -0.15) is 0 Å². The molecule has 0 aliphatic carbocycles. The maximum atomic E-state index is 16.6. The first kappa shape index (κ1) is 92.1. The summed E-state index contributed by atoms with van der Waals surface area (Å²) in [5.74, 6) is -16.1. The minimum atomic E-state index is -2.40. The summed E-state index contributed by atoms with van der Waals surface area (Å²) in [6.07, 6.45) is -23.0. The number of nitrogens with two attached hydrogens (primary N) is 2. The maximum absolute atomic E-state index is 16.6. The van der Waals surface area contributed by atoms with Gasteiger partial charge in [0.2, 0.25) is 53.4 Å². The Hall–Kier alpha value is -10.6. The molecule has 3 fully saturated rings. The highest BCUT2D eigenvalue weighted by molar-refractivity contribution is 6.32. The van der Waals surface area contributed by atoms with Crippen molar-refractivity contribution in [3.05, 3.63) is 176 Å². The fourth-order valence-corrected chi connectivity index (χ4v) is 16.7. The standard InChI is InChI=1S/C86H97Cl3N10O26/c1-35(2)22-51(92-7)77(110)98-67-69(105)42-15-20-55(49(88)24-42)120-57-26-44-27-58(73(57)125-84-74(71(107)70(106)59(34-100)122-84)124-62-32-86(6,76(109)37(4)119-62)93-33-38-8-10-39(11-9-38)40-12-17-45(87)18-13-40)121-56-21-16-43(25-50(56)89)72(123-61-31-85(5,91)75(108)36(3)118-61)68-82(115)97-66(83(116)117)48-28-46(101)29-54(103)63(48)47-23-41(14-19-53(47)102)64(79(112)99-68)96-80(113)65(44)95-78(111)52(30-60(90)104)94-81(67)114/h8-21,23-29,35-37,51-52,59,61-62,64-72,74-76,84,92-93,100-103,105-109H,22,30-34,91H2,1-7H3,(H2,90,104)(H,94,114)(H,95,111)(H,96,113)(H,97,115)(H,98,110)(H,99,112)(H,116,117). The van der Waals surface area contributed by atoms with Crippen LogP contribution in [-0.2, 0) is 68.6 Å². The second kappa shape index (κ2) is 37.9. The number of phenolic OH excluding ortho intramolecular Hbond substituents is 3. The molecule has 22 unspecified atom stereocenters. The number of nitrogens with one attached hydrogen (secondary N) is 8. The van der Waals surface area contributed by atoms with Gasteiger partial charge in [0.05, 0.1) is 53.5 Å². The van der Waals surface area contributed by atoms with Crippen LogP contribution in [0.1, 0.15) is 131 Å². The number of hydrogen-bond donors (Lipinski definition) is 20. The Balaban J connectivity index is 1.02. The van der Waals surface area contributed by atoms with Crippen molar-refractivity contribution in [1.29, 1.82) is 0 Å². The molecule has 7 amide bonds. The number of aliphatic carboxylic acids is 1. The van der Waals surface area contributed by atoms with Gasteiger partial charge in [0, 0.05) is 58.2 Å². The van der Waals surface area contributed by atoms with E-state index in [0.717, 1.165) is 65.2 Å². The summed E-state index contributed by atoms with van der Waals surface area (Å²) in [7, 11) is 1.48. The van der Waals surface area contributed by atoms with E-state index >= 15 is 24.0 Å². The number of rotatable bonds is 19. The molecule has 0 radical (unpaired) electrons. The number of carbonyl (C=O) groups excluding carboxylic acids is 7. The van der Waals surface area contributed by atoms with Gasteiger partial charge >= 0.3 is 5.97 Å². The predicted molar refractivity (Wildman–Crippen MR) is 445 cm³/mol. The van der Waals surface area contributed by atoms with Crippen LogP contribution in [0.3, 0.4) is 0 Å². The lowest BCUT2D eigenvalue weighted by Gasteiger charge is -2.48. The Bertz CT molecular complexity index is 5250. The number of primary amides is 1. The number of hydrogen-bond acceptors (Lipinski definition) is 28. The Morgan fingerprint density at radius 3 is 1.83 bits per heavy atom. The average molecular weight is 1790 g/mol. The Kier molecular flexibility index (Phi) is 27.9. The topological polar surface area (TPSA) is 561 Å². The molecule has 39 heteroatoms. The van der Waals surface area contributed by atoms with Gasteiger partial charge < -0.3 is 143 Å². The predicted octanol–water partition coefficient (Wildman–Crippen LogP) is 4.50. The van der Waals surface area contributed by atoms with Gasteiger partial charge in [0.1, 0.15) is 89.5 Å². The van der Waals surface area contributed by atoms with E-state index in [9.17, 15) is 65.4 Å². The minimum absolute atomic E-state index is 0.119. The fraction of sp³-hybridized carbons (Fsp3) is 0.419. The molecule has 0 spiro atoms. The molecular formula is C86H97Cl3N10O26. The van der Waals surface area contributed by atoms with Crippen LogP contribution < -0.4 is 68.2 Å². The van der Waals surface area contributed by atoms with Crippen LogP contribution in [0, 0.1) is 5.92 Å². The Labute approximate surface area is 730 Å². The van der Waals surface area contributed by atoms with Crippen LogP contribution in [0.25, 0.3) is 22.3 Å². The lowest BCUT2D eigenvalue weighted by atomic mass is 9.84. The maximum Gasteiger partial charge on any atom is 0.330 e. The summed E-state index contributed by atoms with van der Waals surface area (Å²) in [5.41, 5.74) is 9.60. The number of phenols is 3. The van der Waals surface area contributed by atoms with Gasteiger partial charge in [0.25, 0.3) is 0 Å². The van der Waals surface area contributed by atoms with E-state index in [1.165, 1.54) is 51.2 Å². The Morgan fingerprint density at radius 1 is 0.632 bits per heavy atom. The molecule has 125 heavy (non-hydrogen) atoms. The van der Waals surface area contributed by atoms with Crippen molar-refractivity contribution < 1.29 is 127 Å². The number of likely N-dealkylation sites (N-methyl/N-ethyl adjacent to an activating group) is 1. The zero-order chi connectivity index (χ0) is 90.3. The average Bonchev–Trinajstić information content (AvgIpc) is 0.762. The van der Waals surface area contributed by atoms with Gasteiger partial charge in [-0.05, 0) is 153 Å². The van der Waals surface area contributed by atoms with Crippen LogP contribution in [0.4, 0.5) is 0 Å². The number of aromatic hydroxyl groups is 3. The van der Waals surface area contributed by atoms with Crippen molar-refractivity contribution >= 4 is 82.1 Å². The molecule has 8 aliphatic heterocycles. The quantitative estimate of drug-likeness (QED) is 0.0530. The summed E-state index contributed by atoms with van der Waals surface area (Å²) in [5, 5.41) is 138. The van der Waals surface area contributed by atoms with Crippen LogP contribution in [0.15, 0.2) is 127 Å². The number of benzene rings is 7. The van der Waals surface area contributed by atoms with Crippen LogP contribution in [0.2, 0.25) is 15.1 Å². The molecule has 15 rings (SSSR count). The number of amides is 7. The monoisotopic (exact) mass is 1790 g/mol. The van der Waals surface area contributed by atoms with Crippen molar-refractivity contribution in [2.75, 3.05) is 13.7 Å². The number of aliphatic hydroxyl groups excluding tert-OH is 6. The molecule has 0 aromatic heterocycles. The minimum Gasteiger partial charge on any atom is -0.508 e. The third-order valence-electron chi connectivity index (χ3n) is 22.9. The second-order valence-corrected chi connectivity index (χ2v) is 34.0. The molecule has 8 aliphatic rings. The van der Waals surface area contributed by atoms with Crippen LogP contribution in [-0.4, -0.2) is 215 Å². The SMILES string of the molecule is CNC(CC(C)C)C(=O)NC1C(=O)NC(CC(N)=O)C(=O)NC2C(=O)NC3C(=O)NC(C(=O)NC(C(=O)O)c4cc(O)cc(O)c4-c4cc3ccc4O)C(OC3CC(C)(N)C(O)C(C)O3)c3ccc(c(Cl)c3)Oc3cc2cc(c3OC2OC(CO)C(O)C(O)C2OC2CC(C)(NCc3ccc(-c4ccc(Cl)cc4)cc3)C(O)C(C)O2)Oc2ccc(cc2Cl)C1O. The summed E-state index contributed by atoms with van der Waals surface area (Å²) in [6.45, 7) is 9.06. The molecule has 36 nitrogen and oxygen atoms in total. The summed E-state index contributed by atoms with van der Waals surface area (Å²) >= 11 is 20.8. The first-order chi connectivity index (χ1) is 59.2. The summed E-state index contributed by atoms with van der Waals surface area (Å²) in [4.78, 5) is 121. The molecule has 7 aromatic rings. The van der Waals surface area contributed by atoms with Crippen molar-refractivity contribution in [1.82, 2.24) is 42.5 Å². The zero-order valence-corrected chi connectivity index (χ0v) is 70.6. The lowest BCUT2D eigenvalue weighted by molar-refractivity contribution is -0.334. The number of ether oxygens (including phenoxy) is 8. The lowest BCUT2D eigenvalue weighted by Crippen LogP contribution is -2.65. The van der Waals surface area contributed by atoms with E-state index in [4.69, 9.17) is 84.2 Å². The van der Waals surface area contributed by atoms with Crippen LogP contribution in [0.5, 0.6) is 46.0 Å². The number of halogens is 3. The third kappa shape index (κ3) is 20.1. The van der Waals surface area contributed by atoms with Gasteiger partial charge in [-0.1, -0.05) is 103 Å². The van der Waals surface area contributed by atoms with Crippen molar-refractivity contribution in [3.63, 3.8) is 0 Å². The molecule has 7 aromatic carbocycles. The normalized spacial score (nSPS) is 29.7. The van der Waals surface area contributed by atoms with Gasteiger partial charge in [-0.25, -0.2) is 4.79 Å². The van der Waals surface area contributed by atoms with E-state index in [1.807, 2.05) is 50.2 Å². The van der Waals surface area contributed by atoms with E-state index in [0.29, 0.717) is 5.02 Å². The number of carbonyl (C=O) groups is 8. The number of aliphatic hydroxyl groups is 6. The molecule has 22 N–H and O–H groups in total. The molecule has 8 heterocycles. The zero-order valence-electron chi connectivity index (χ0n) is 68.3. The molecular weight excluding hydrogens is 1700 g/mol. The van der Waals surface area contributed by atoms with Crippen molar-refractivity contribution in [3.8, 4) is 68.2 Å². The summed E-state index contributed by atoms with van der Waals surface area (Å²) < 4.78 is 52.9. The highest BCUT2D eigenvalue weighted by Crippen LogP contribution is 2.51. The van der Waals surface area contributed by atoms with E-state index in [1.54, 1.807) is 26.0 Å². The van der Waals surface area contributed by atoms with Crippen LogP contribution >= 0.6 is 34.8 Å². The van der Waals surface area contributed by atoms with Gasteiger partial charge in [0.15, 0.2) is 36.2 Å². The molecule has 11 bridgehead atoms. The molecule has 3 saturated heterocycles. The number of carboxylic acids is 1. The number of fused-ring (bicyclic) bond motifs is 15. The van der Waals surface area contributed by atoms with Gasteiger partial charge in [-0.15, -0.1) is 0 Å². The van der Waals surface area contributed by atoms with Crippen molar-refractivity contribution in [2.45, 2.75) is 207 Å². The molecule has 668 valence electrons. The van der Waals surface area contributed by atoms with E-state index in [2.05, 4.69) is 42.5 Å². The van der Waals surface area contributed by atoms with Gasteiger partial charge in [-0.3, -0.25) is 33.6 Å². The summed E-state index contributed by atoms with van der Waals surface area (Å²) in [6, 6.07) is 14.5.